The first-order valence-electron chi connectivity index (χ1n) is 6.82. The first kappa shape index (κ1) is 15.7. The van der Waals surface area contributed by atoms with Crippen molar-refractivity contribution >= 4 is 12.0 Å². The minimum absolute atomic E-state index is 0.179. The Bertz CT molecular complexity index is 672. The molecule has 0 radical (unpaired) electrons. The van der Waals surface area contributed by atoms with Crippen LogP contribution in [0.15, 0.2) is 48.8 Å². The standard InChI is InChI=1S/C17H17FN2O2/c1-12(14-6-7-16(22-2)15(18)10-14)20-17(21)8-5-13-4-3-9-19-11-13/h3-12H,1-2H3,(H,20,21)/b8-5+/t12-/m1/s1. The highest BCUT2D eigenvalue weighted by atomic mass is 19.1. The van der Waals surface area contributed by atoms with Crippen molar-refractivity contribution in [2.24, 2.45) is 0 Å². The minimum atomic E-state index is -0.452. The topological polar surface area (TPSA) is 51.2 Å². The van der Waals surface area contributed by atoms with E-state index in [9.17, 15) is 9.18 Å². The molecule has 1 atom stereocenters. The number of halogens is 1. The van der Waals surface area contributed by atoms with Gasteiger partial charge in [-0.15, -0.1) is 0 Å². The summed E-state index contributed by atoms with van der Waals surface area (Å²) >= 11 is 0. The van der Waals surface area contributed by atoms with Crippen LogP contribution in [0.1, 0.15) is 24.1 Å². The molecule has 4 nitrogen and oxygen atoms in total. The second-order valence-electron chi connectivity index (χ2n) is 4.74. The van der Waals surface area contributed by atoms with E-state index >= 15 is 0 Å². The molecule has 1 heterocycles. The Labute approximate surface area is 128 Å². The minimum Gasteiger partial charge on any atom is -0.494 e. The monoisotopic (exact) mass is 300 g/mol. The lowest BCUT2D eigenvalue weighted by Crippen LogP contribution is -2.24. The Balaban J connectivity index is 1.99. The summed E-state index contributed by atoms with van der Waals surface area (Å²) in [4.78, 5) is 15.8. The zero-order valence-electron chi connectivity index (χ0n) is 12.4. The molecule has 0 fully saturated rings. The van der Waals surface area contributed by atoms with E-state index in [4.69, 9.17) is 4.74 Å². The third-order valence-electron chi connectivity index (χ3n) is 3.15. The Hall–Kier alpha value is -2.69. The fourth-order valence-corrected chi connectivity index (χ4v) is 1.94. The summed E-state index contributed by atoms with van der Waals surface area (Å²) in [7, 11) is 1.41. The van der Waals surface area contributed by atoms with E-state index in [1.165, 1.54) is 19.3 Å². The summed E-state index contributed by atoms with van der Waals surface area (Å²) in [6.07, 6.45) is 6.42. The number of carbonyl (C=O) groups excluding carboxylic acids is 1. The molecule has 114 valence electrons. The van der Waals surface area contributed by atoms with Crippen LogP contribution in [-0.2, 0) is 4.79 Å². The van der Waals surface area contributed by atoms with Gasteiger partial charge in [0.15, 0.2) is 11.6 Å². The number of carbonyl (C=O) groups is 1. The van der Waals surface area contributed by atoms with Crippen molar-refractivity contribution in [3.05, 3.63) is 65.7 Å². The molecule has 1 N–H and O–H groups in total. The Morgan fingerprint density at radius 2 is 2.23 bits per heavy atom. The van der Waals surface area contributed by atoms with Gasteiger partial charge in [0.05, 0.1) is 13.2 Å². The van der Waals surface area contributed by atoms with Gasteiger partial charge < -0.3 is 10.1 Å². The number of hydrogen-bond donors (Lipinski definition) is 1. The zero-order chi connectivity index (χ0) is 15.9. The number of nitrogens with one attached hydrogen (secondary N) is 1. The van der Waals surface area contributed by atoms with E-state index in [2.05, 4.69) is 10.3 Å². The van der Waals surface area contributed by atoms with Crippen molar-refractivity contribution in [1.82, 2.24) is 10.3 Å². The number of nitrogens with zero attached hydrogens (tertiary/aromatic N) is 1. The smallest absolute Gasteiger partial charge is 0.244 e. The van der Waals surface area contributed by atoms with Crippen LogP contribution in [0.3, 0.4) is 0 Å². The number of aromatic nitrogens is 1. The van der Waals surface area contributed by atoms with Crippen LogP contribution in [0.5, 0.6) is 5.75 Å². The van der Waals surface area contributed by atoms with E-state index < -0.39 is 5.82 Å². The third kappa shape index (κ3) is 4.15. The fraction of sp³-hybridized carbons (Fsp3) is 0.176. The van der Waals surface area contributed by atoms with Gasteiger partial charge in [0.2, 0.25) is 5.91 Å². The van der Waals surface area contributed by atoms with Gasteiger partial charge in [-0.25, -0.2) is 4.39 Å². The second-order valence-corrected chi connectivity index (χ2v) is 4.74. The summed E-state index contributed by atoms with van der Waals surface area (Å²) in [5.41, 5.74) is 1.50. The number of pyridine rings is 1. The third-order valence-corrected chi connectivity index (χ3v) is 3.15. The highest BCUT2D eigenvalue weighted by Crippen LogP contribution is 2.21. The average molecular weight is 300 g/mol. The van der Waals surface area contributed by atoms with Crippen molar-refractivity contribution in [2.75, 3.05) is 7.11 Å². The predicted octanol–water partition coefficient (Wildman–Crippen LogP) is 3.12. The van der Waals surface area contributed by atoms with Crippen LogP contribution in [0, 0.1) is 5.82 Å². The van der Waals surface area contributed by atoms with Gasteiger partial charge in [-0.05, 0) is 42.3 Å². The van der Waals surface area contributed by atoms with E-state index in [-0.39, 0.29) is 17.7 Å². The normalized spacial score (nSPS) is 12.1. The summed E-state index contributed by atoms with van der Waals surface area (Å²) in [6.45, 7) is 1.79. The molecule has 5 heteroatoms. The Morgan fingerprint density at radius 3 is 2.86 bits per heavy atom. The molecule has 0 aliphatic rings. The largest absolute Gasteiger partial charge is 0.494 e. The van der Waals surface area contributed by atoms with Crippen molar-refractivity contribution in [3.63, 3.8) is 0 Å². The highest BCUT2D eigenvalue weighted by molar-refractivity contribution is 5.91. The number of methoxy groups -OCH3 is 1. The van der Waals surface area contributed by atoms with Crippen LogP contribution >= 0.6 is 0 Å². The highest BCUT2D eigenvalue weighted by Gasteiger charge is 2.10. The molecule has 0 spiro atoms. The quantitative estimate of drug-likeness (QED) is 0.863. The lowest BCUT2D eigenvalue weighted by atomic mass is 10.1. The summed E-state index contributed by atoms with van der Waals surface area (Å²) in [5.74, 6) is -0.529. The van der Waals surface area contributed by atoms with E-state index in [1.54, 1.807) is 43.6 Å². The molecule has 0 aliphatic carbocycles. The van der Waals surface area contributed by atoms with Crippen LogP contribution in [0.4, 0.5) is 4.39 Å². The van der Waals surface area contributed by atoms with Crippen LogP contribution in [0.25, 0.3) is 6.08 Å². The summed E-state index contributed by atoms with van der Waals surface area (Å²) in [6, 6.07) is 7.94. The van der Waals surface area contributed by atoms with Crippen LogP contribution < -0.4 is 10.1 Å². The molecule has 0 aliphatic heterocycles. The van der Waals surface area contributed by atoms with Gasteiger partial charge in [-0.2, -0.15) is 0 Å². The molecule has 2 rings (SSSR count). The molecular formula is C17H17FN2O2. The maximum absolute atomic E-state index is 13.7. The van der Waals surface area contributed by atoms with Gasteiger partial charge in [-0.3, -0.25) is 9.78 Å². The van der Waals surface area contributed by atoms with E-state index in [1.807, 2.05) is 6.07 Å². The van der Waals surface area contributed by atoms with Crippen molar-refractivity contribution < 1.29 is 13.9 Å². The lowest BCUT2D eigenvalue weighted by Gasteiger charge is -2.14. The van der Waals surface area contributed by atoms with E-state index in [0.717, 1.165) is 5.56 Å². The Morgan fingerprint density at radius 1 is 1.41 bits per heavy atom. The average Bonchev–Trinajstić information content (AvgIpc) is 2.53. The van der Waals surface area contributed by atoms with Gasteiger partial charge in [0.1, 0.15) is 0 Å². The number of hydrogen-bond acceptors (Lipinski definition) is 3. The van der Waals surface area contributed by atoms with Crippen molar-refractivity contribution in [3.8, 4) is 5.75 Å². The Kier molecular flexibility index (Phi) is 5.25. The van der Waals surface area contributed by atoms with Gasteiger partial charge in [-0.1, -0.05) is 12.1 Å². The van der Waals surface area contributed by atoms with Gasteiger partial charge in [0, 0.05) is 18.5 Å². The lowest BCUT2D eigenvalue weighted by molar-refractivity contribution is -0.117. The molecule has 2 aromatic rings. The molecule has 1 aromatic heterocycles. The number of amides is 1. The first-order chi connectivity index (χ1) is 10.6. The van der Waals surface area contributed by atoms with Crippen molar-refractivity contribution in [1.29, 1.82) is 0 Å². The molecular weight excluding hydrogens is 283 g/mol. The maximum Gasteiger partial charge on any atom is 0.244 e. The molecule has 0 unspecified atom stereocenters. The number of ether oxygens (including phenoxy) is 1. The van der Waals surface area contributed by atoms with Crippen LogP contribution in [-0.4, -0.2) is 18.0 Å². The molecule has 0 saturated heterocycles. The molecule has 22 heavy (non-hydrogen) atoms. The molecule has 0 saturated carbocycles. The maximum atomic E-state index is 13.7. The van der Waals surface area contributed by atoms with Gasteiger partial charge >= 0.3 is 0 Å². The summed E-state index contributed by atoms with van der Waals surface area (Å²) in [5, 5.41) is 2.78. The summed E-state index contributed by atoms with van der Waals surface area (Å²) < 4.78 is 18.5. The number of rotatable bonds is 5. The zero-order valence-corrected chi connectivity index (χ0v) is 12.4. The molecule has 1 aromatic carbocycles. The molecule has 0 bridgehead atoms. The fourth-order valence-electron chi connectivity index (χ4n) is 1.94. The van der Waals surface area contributed by atoms with E-state index in [0.29, 0.717) is 5.56 Å². The predicted molar refractivity (Wildman–Crippen MR) is 82.8 cm³/mol. The SMILES string of the molecule is COc1ccc([C@@H](C)NC(=O)/C=C/c2cccnc2)cc1F. The second kappa shape index (κ2) is 7.36. The molecule has 1 amide bonds. The van der Waals surface area contributed by atoms with Crippen LogP contribution in [0.2, 0.25) is 0 Å². The number of benzene rings is 1. The van der Waals surface area contributed by atoms with Crippen molar-refractivity contribution in [2.45, 2.75) is 13.0 Å². The first-order valence-corrected chi connectivity index (χ1v) is 6.82. The van der Waals surface area contributed by atoms with Gasteiger partial charge in [0.25, 0.3) is 0 Å².